The van der Waals surface area contributed by atoms with Gasteiger partial charge in [0.05, 0.1) is 5.56 Å². The molecule has 0 bridgehead atoms. The molecule has 0 fully saturated rings. The summed E-state index contributed by atoms with van der Waals surface area (Å²) in [5, 5.41) is 9.48. The number of benzene rings is 1. The third-order valence-corrected chi connectivity index (χ3v) is 5.03. The van der Waals surface area contributed by atoms with Crippen molar-refractivity contribution in [3.8, 4) is 17.2 Å². The smallest absolute Gasteiger partial charge is 0.259 e. The predicted molar refractivity (Wildman–Crippen MR) is 91.1 cm³/mol. The molecule has 2 N–H and O–H groups in total. The SMILES string of the molecule is CCc1sc(C(N)=O)c(-c2ccc(C(C)(C)C)cc2)c1C#N. The molecule has 1 aromatic carbocycles. The normalized spacial score (nSPS) is 11.2. The highest BCUT2D eigenvalue weighted by Crippen LogP contribution is 2.37. The Morgan fingerprint density at radius 2 is 1.86 bits per heavy atom. The highest BCUT2D eigenvalue weighted by molar-refractivity contribution is 7.14. The molecule has 0 saturated carbocycles. The molecule has 0 unspecified atom stereocenters. The molecule has 114 valence electrons. The zero-order valence-electron chi connectivity index (χ0n) is 13.4. The highest BCUT2D eigenvalue weighted by Gasteiger charge is 2.22. The second-order valence-corrected chi connectivity index (χ2v) is 7.37. The van der Waals surface area contributed by atoms with Gasteiger partial charge in [-0.2, -0.15) is 5.26 Å². The molecule has 1 aromatic heterocycles. The van der Waals surface area contributed by atoms with Gasteiger partial charge in [0.15, 0.2) is 0 Å². The number of hydrogen-bond donors (Lipinski definition) is 1. The molecule has 0 aliphatic rings. The first-order chi connectivity index (χ1) is 10.3. The first-order valence-corrected chi connectivity index (χ1v) is 8.07. The molecular formula is C18H20N2OS. The molecule has 0 aliphatic heterocycles. The van der Waals surface area contributed by atoms with E-state index in [1.165, 1.54) is 16.9 Å². The standard InChI is InChI=1S/C18H20N2OS/c1-5-14-13(10-19)15(16(22-14)17(20)21)11-6-8-12(9-7-11)18(2,3)4/h6-9H,5H2,1-4H3,(H2,20,21). The van der Waals surface area contributed by atoms with Crippen LogP contribution >= 0.6 is 11.3 Å². The van der Waals surface area contributed by atoms with E-state index in [1.54, 1.807) is 0 Å². The van der Waals surface area contributed by atoms with Gasteiger partial charge in [-0.1, -0.05) is 52.0 Å². The third-order valence-electron chi connectivity index (χ3n) is 3.68. The van der Waals surface area contributed by atoms with Crippen molar-refractivity contribution in [2.75, 3.05) is 0 Å². The average molecular weight is 312 g/mol. The number of nitrogens with two attached hydrogens (primary N) is 1. The molecule has 0 atom stereocenters. The number of primary amides is 1. The number of amides is 1. The maximum atomic E-state index is 11.7. The lowest BCUT2D eigenvalue weighted by Crippen LogP contribution is -2.11. The van der Waals surface area contributed by atoms with Crippen LogP contribution in [0.15, 0.2) is 24.3 Å². The highest BCUT2D eigenvalue weighted by atomic mass is 32.1. The van der Waals surface area contributed by atoms with Gasteiger partial charge in [-0.25, -0.2) is 0 Å². The van der Waals surface area contributed by atoms with E-state index in [1.807, 2.05) is 31.2 Å². The summed E-state index contributed by atoms with van der Waals surface area (Å²) in [5.74, 6) is -0.476. The summed E-state index contributed by atoms with van der Waals surface area (Å²) < 4.78 is 0. The van der Waals surface area contributed by atoms with E-state index in [0.717, 1.165) is 10.4 Å². The molecule has 0 spiro atoms. The van der Waals surface area contributed by atoms with Crippen molar-refractivity contribution in [2.24, 2.45) is 5.73 Å². The molecule has 0 radical (unpaired) electrons. The maximum Gasteiger partial charge on any atom is 0.259 e. The number of carbonyl (C=O) groups is 1. The van der Waals surface area contributed by atoms with Crippen molar-refractivity contribution in [3.63, 3.8) is 0 Å². The summed E-state index contributed by atoms with van der Waals surface area (Å²) in [7, 11) is 0. The molecule has 2 rings (SSSR count). The number of thiophene rings is 1. The Morgan fingerprint density at radius 3 is 2.27 bits per heavy atom. The van der Waals surface area contributed by atoms with Crippen LogP contribution in [0.5, 0.6) is 0 Å². The topological polar surface area (TPSA) is 66.9 Å². The lowest BCUT2D eigenvalue weighted by Gasteiger charge is -2.19. The van der Waals surface area contributed by atoms with Gasteiger partial charge in [-0.3, -0.25) is 4.79 Å². The summed E-state index contributed by atoms with van der Waals surface area (Å²) in [4.78, 5) is 13.1. The number of nitrogens with zero attached hydrogens (tertiary/aromatic N) is 1. The van der Waals surface area contributed by atoms with Crippen molar-refractivity contribution in [3.05, 3.63) is 45.1 Å². The molecular weight excluding hydrogens is 292 g/mol. The quantitative estimate of drug-likeness (QED) is 0.920. The second kappa shape index (κ2) is 5.94. The number of rotatable bonds is 3. The Kier molecular flexibility index (Phi) is 4.39. The lowest BCUT2D eigenvalue weighted by atomic mass is 9.86. The molecule has 0 aliphatic carbocycles. The predicted octanol–water partition coefficient (Wildman–Crippen LogP) is 4.25. The van der Waals surface area contributed by atoms with E-state index in [2.05, 4.69) is 26.8 Å². The fraction of sp³-hybridized carbons (Fsp3) is 0.333. The van der Waals surface area contributed by atoms with Crippen molar-refractivity contribution in [1.82, 2.24) is 0 Å². The fourth-order valence-corrected chi connectivity index (χ4v) is 3.49. The fourth-order valence-electron chi connectivity index (χ4n) is 2.43. The van der Waals surface area contributed by atoms with Crippen LogP contribution in [-0.2, 0) is 11.8 Å². The van der Waals surface area contributed by atoms with Crippen molar-refractivity contribution >= 4 is 17.2 Å². The Labute approximate surface area is 135 Å². The summed E-state index contributed by atoms with van der Waals surface area (Å²) in [6, 6.07) is 10.3. The molecule has 1 amide bonds. The summed E-state index contributed by atoms with van der Waals surface area (Å²) in [5.41, 5.74) is 8.90. The zero-order chi connectivity index (χ0) is 16.5. The first-order valence-electron chi connectivity index (χ1n) is 7.26. The van der Waals surface area contributed by atoms with E-state index in [-0.39, 0.29) is 5.41 Å². The largest absolute Gasteiger partial charge is 0.365 e. The van der Waals surface area contributed by atoms with Gasteiger partial charge in [0.2, 0.25) is 0 Å². The van der Waals surface area contributed by atoms with E-state index >= 15 is 0 Å². The van der Waals surface area contributed by atoms with Crippen LogP contribution in [0, 0.1) is 11.3 Å². The summed E-state index contributed by atoms with van der Waals surface area (Å²) >= 11 is 1.33. The van der Waals surface area contributed by atoms with Gasteiger partial charge in [-0.05, 0) is 23.0 Å². The van der Waals surface area contributed by atoms with Crippen molar-refractivity contribution < 1.29 is 4.79 Å². The Morgan fingerprint density at radius 1 is 1.27 bits per heavy atom. The summed E-state index contributed by atoms with van der Waals surface area (Å²) in [6.07, 6.45) is 0.716. The Balaban J connectivity index is 2.64. The monoisotopic (exact) mass is 312 g/mol. The Hall–Kier alpha value is -2.12. The third kappa shape index (κ3) is 2.90. The summed E-state index contributed by atoms with van der Waals surface area (Å²) in [6.45, 7) is 8.43. The van der Waals surface area contributed by atoms with Gasteiger partial charge in [-0.15, -0.1) is 11.3 Å². The van der Waals surface area contributed by atoms with Crippen LogP contribution in [0.3, 0.4) is 0 Å². The lowest BCUT2D eigenvalue weighted by molar-refractivity contribution is 0.100. The molecule has 22 heavy (non-hydrogen) atoms. The van der Waals surface area contributed by atoms with Crippen LogP contribution in [-0.4, -0.2) is 5.91 Å². The van der Waals surface area contributed by atoms with E-state index < -0.39 is 5.91 Å². The number of aryl methyl sites for hydroxylation is 1. The van der Waals surface area contributed by atoms with Crippen molar-refractivity contribution in [1.29, 1.82) is 5.26 Å². The minimum absolute atomic E-state index is 0.0618. The average Bonchev–Trinajstić information content (AvgIpc) is 2.85. The second-order valence-electron chi connectivity index (χ2n) is 6.26. The van der Waals surface area contributed by atoms with E-state index in [9.17, 15) is 10.1 Å². The minimum Gasteiger partial charge on any atom is -0.365 e. The first kappa shape index (κ1) is 16.3. The molecule has 1 heterocycles. The van der Waals surface area contributed by atoms with Gasteiger partial charge in [0, 0.05) is 10.4 Å². The number of nitriles is 1. The molecule has 3 nitrogen and oxygen atoms in total. The van der Waals surface area contributed by atoms with E-state index in [4.69, 9.17) is 5.73 Å². The maximum absolute atomic E-state index is 11.7. The minimum atomic E-state index is -0.476. The van der Waals surface area contributed by atoms with Crippen LogP contribution in [0.2, 0.25) is 0 Å². The van der Waals surface area contributed by atoms with Gasteiger partial charge in [0.25, 0.3) is 5.91 Å². The number of carbonyl (C=O) groups excluding carboxylic acids is 1. The van der Waals surface area contributed by atoms with Crippen LogP contribution in [0.4, 0.5) is 0 Å². The van der Waals surface area contributed by atoms with Crippen LogP contribution in [0.1, 0.15) is 53.4 Å². The Bertz CT molecular complexity index is 743. The van der Waals surface area contributed by atoms with E-state index in [0.29, 0.717) is 22.4 Å². The molecule has 0 saturated heterocycles. The van der Waals surface area contributed by atoms with Crippen LogP contribution in [0.25, 0.3) is 11.1 Å². The van der Waals surface area contributed by atoms with Crippen molar-refractivity contribution in [2.45, 2.75) is 39.5 Å². The van der Waals surface area contributed by atoms with Gasteiger partial charge in [0.1, 0.15) is 10.9 Å². The van der Waals surface area contributed by atoms with Gasteiger partial charge >= 0.3 is 0 Å². The van der Waals surface area contributed by atoms with Gasteiger partial charge < -0.3 is 5.73 Å². The molecule has 4 heteroatoms. The molecule has 2 aromatic rings. The van der Waals surface area contributed by atoms with Crippen LogP contribution < -0.4 is 5.73 Å². The number of hydrogen-bond acceptors (Lipinski definition) is 3. The zero-order valence-corrected chi connectivity index (χ0v) is 14.2.